The highest BCUT2D eigenvalue weighted by Gasteiger charge is 2.35. The maximum absolute atomic E-state index is 12.1. The molecule has 0 saturated carbocycles. The van der Waals surface area contributed by atoms with Crippen LogP contribution in [0.4, 0.5) is 0 Å². The van der Waals surface area contributed by atoms with Gasteiger partial charge in [0.15, 0.2) is 5.82 Å². The summed E-state index contributed by atoms with van der Waals surface area (Å²) in [6.07, 6.45) is 0.736. The van der Waals surface area contributed by atoms with Gasteiger partial charge in [0.1, 0.15) is 6.61 Å². The van der Waals surface area contributed by atoms with Crippen LogP contribution in [0.5, 0.6) is 0 Å². The Balaban J connectivity index is 1.75. The fraction of sp³-hybridized carbons (Fsp3) is 0.714. The first kappa shape index (κ1) is 16.4. The number of likely N-dealkylation sites (tertiary alicyclic amines) is 1. The molecule has 1 atom stereocenters. The Morgan fingerprint density at radius 3 is 2.95 bits per heavy atom. The van der Waals surface area contributed by atoms with Gasteiger partial charge in [-0.1, -0.05) is 5.16 Å². The topological polar surface area (TPSA) is 97.6 Å². The molecular formula is C14H22N4O4. The van der Waals surface area contributed by atoms with E-state index in [0.717, 1.165) is 0 Å². The van der Waals surface area contributed by atoms with Crippen molar-refractivity contribution >= 4 is 11.8 Å². The van der Waals surface area contributed by atoms with Crippen molar-refractivity contribution in [1.29, 1.82) is 0 Å². The number of nitrogens with one attached hydrogen (secondary N) is 1. The highest BCUT2D eigenvalue weighted by Crippen LogP contribution is 2.20. The zero-order chi connectivity index (χ0) is 16.1. The number of nitrogens with zero attached hydrogens (tertiary/aromatic N) is 3. The fourth-order valence-electron chi connectivity index (χ4n) is 2.42. The lowest BCUT2D eigenvalue weighted by molar-refractivity contribution is -0.129. The molecule has 1 aromatic rings. The predicted molar refractivity (Wildman–Crippen MR) is 76.7 cm³/mol. The first-order chi connectivity index (χ1) is 10.5. The molecule has 0 bridgehead atoms. The van der Waals surface area contributed by atoms with Gasteiger partial charge >= 0.3 is 0 Å². The Hall–Kier alpha value is -1.96. The van der Waals surface area contributed by atoms with E-state index in [1.807, 2.05) is 13.8 Å². The van der Waals surface area contributed by atoms with E-state index >= 15 is 0 Å². The molecule has 22 heavy (non-hydrogen) atoms. The van der Waals surface area contributed by atoms with Crippen LogP contribution in [0.1, 0.15) is 32.0 Å². The van der Waals surface area contributed by atoms with Crippen LogP contribution in [0.15, 0.2) is 4.52 Å². The van der Waals surface area contributed by atoms with Crippen LogP contribution in [0, 0.1) is 5.92 Å². The Labute approximate surface area is 129 Å². The molecule has 8 heteroatoms. The van der Waals surface area contributed by atoms with Crippen molar-refractivity contribution < 1.29 is 18.8 Å². The van der Waals surface area contributed by atoms with Crippen molar-refractivity contribution in [1.82, 2.24) is 20.4 Å². The molecule has 122 valence electrons. The number of carbonyl (C=O) groups excluding carboxylic acids is 2. The summed E-state index contributed by atoms with van der Waals surface area (Å²) in [7, 11) is 1.56. The largest absolute Gasteiger partial charge is 0.377 e. The van der Waals surface area contributed by atoms with Crippen molar-refractivity contribution in [3.63, 3.8) is 0 Å². The second-order valence-corrected chi connectivity index (χ2v) is 5.62. The van der Waals surface area contributed by atoms with Crippen LogP contribution in [-0.2, 0) is 27.4 Å². The summed E-state index contributed by atoms with van der Waals surface area (Å²) in [5, 5.41) is 6.56. The molecule has 0 aromatic carbocycles. The van der Waals surface area contributed by atoms with Crippen molar-refractivity contribution in [3.05, 3.63) is 11.7 Å². The molecule has 8 nitrogen and oxygen atoms in total. The van der Waals surface area contributed by atoms with Gasteiger partial charge in [0, 0.05) is 39.1 Å². The average molecular weight is 310 g/mol. The SMILES string of the molecule is COCc1noc(CCNC(=O)C2CC(=O)N(C(C)C)C2)n1. The van der Waals surface area contributed by atoms with Crippen LogP contribution in [0.2, 0.25) is 0 Å². The molecule has 1 aliphatic heterocycles. The zero-order valence-electron chi connectivity index (χ0n) is 13.2. The van der Waals surface area contributed by atoms with Gasteiger partial charge in [0.25, 0.3) is 0 Å². The van der Waals surface area contributed by atoms with Crippen molar-refractivity contribution in [2.45, 2.75) is 39.3 Å². The van der Waals surface area contributed by atoms with Crippen molar-refractivity contribution in [2.75, 3.05) is 20.2 Å². The summed E-state index contributed by atoms with van der Waals surface area (Å²) in [4.78, 5) is 29.7. The van der Waals surface area contributed by atoms with Gasteiger partial charge in [-0.25, -0.2) is 0 Å². The standard InChI is InChI=1S/C14H22N4O4/c1-9(2)18-7-10(6-13(18)19)14(20)15-5-4-12-16-11(8-21-3)17-22-12/h9-10H,4-8H2,1-3H3,(H,15,20). The molecule has 2 heterocycles. The lowest BCUT2D eigenvalue weighted by Gasteiger charge is -2.20. The average Bonchev–Trinajstić information content (AvgIpc) is 3.06. The van der Waals surface area contributed by atoms with Crippen molar-refractivity contribution in [3.8, 4) is 0 Å². The van der Waals surface area contributed by atoms with E-state index < -0.39 is 0 Å². The molecule has 2 rings (SSSR count). The molecule has 0 aliphatic carbocycles. The van der Waals surface area contributed by atoms with E-state index in [1.165, 1.54) is 0 Å². The van der Waals surface area contributed by atoms with Gasteiger partial charge in [-0.15, -0.1) is 0 Å². The highest BCUT2D eigenvalue weighted by molar-refractivity contribution is 5.89. The van der Waals surface area contributed by atoms with Crippen LogP contribution in [-0.4, -0.2) is 53.1 Å². The fourth-order valence-corrected chi connectivity index (χ4v) is 2.42. The van der Waals surface area contributed by atoms with E-state index in [0.29, 0.717) is 37.8 Å². The summed E-state index contributed by atoms with van der Waals surface area (Å²) in [6, 6.07) is 0.128. The number of carbonyl (C=O) groups is 2. The number of amides is 2. The second-order valence-electron chi connectivity index (χ2n) is 5.62. The Bertz CT molecular complexity index is 529. The minimum Gasteiger partial charge on any atom is -0.377 e. The van der Waals surface area contributed by atoms with Crippen LogP contribution in [0.25, 0.3) is 0 Å². The Morgan fingerprint density at radius 2 is 2.32 bits per heavy atom. The normalized spacial score (nSPS) is 18.3. The smallest absolute Gasteiger partial charge is 0.228 e. The molecule has 1 aliphatic rings. The predicted octanol–water partition coefficient (Wildman–Crippen LogP) is 0.132. The third-order valence-electron chi connectivity index (χ3n) is 3.57. The number of aromatic nitrogens is 2. The van der Waals surface area contributed by atoms with Gasteiger partial charge in [-0.05, 0) is 13.8 Å². The van der Waals surface area contributed by atoms with Crippen LogP contribution < -0.4 is 5.32 Å². The summed E-state index contributed by atoms with van der Waals surface area (Å²) in [5.41, 5.74) is 0. The number of ether oxygens (including phenoxy) is 1. The quantitative estimate of drug-likeness (QED) is 0.769. The molecule has 1 N–H and O–H groups in total. The molecule has 1 aromatic heterocycles. The maximum atomic E-state index is 12.1. The molecule has 1 saturated heterocycles. The highest BCUT2D eigenvalue weighted by atomic mass is 16.5. The van der Waals surface area contributed by atoms with Gasteiger partial charge in [-0.2, -0.15) is 4.98 Å². The van der Waals surface area contributed by atoms with E-state index in [2.05, 4.69) is 15.5 Å². The third-order valence-corrected chi connectivity index (χ3v) is 3.57. The van der Waals surface area contributed by atoms with Gasteiger partial charge in [-0.3, -0.25) is 9.59 Å². The van der Waals surface area contributed by atoms with Crippen LogP contribution >= 0.6 is 0 Å². The minimum absolute atomic E-state index is 0.0382. The molecule has 1 fully saturated rings. The van der Waals surface area contributed by atoms with E-state index in [1.54, 1.807) is 12.0 Å². The Morgan fingerprint density at radius 1 is 1.55 bits per heavy atom. The van der Waals surface area contributed by atoms with E-state index in [9.17, 15) is 9.59 Å². The number of methoxy groups -OCH3 is 1. The summed E-state index contributed by atoms with van der Waals surface area (Å²) in [5.74, 6) is 0.600. The zero-order valence-corrected chi connectivity index (χ0v) is 13.2. The molecule has 1 unspecified atom stereocenters. The molecular weight excluding hydrogens is 288 g/mol. The van der Waals surface area contributed by atoms with Gasteiger partial charge < -0.3 is 19.5 Å². The van der Waals surface area contributed by atoms with E-state index in [-0.39, 0.29) is 30.2 Å². The maximum Gasteiger partial charge on any atom is 0.228 e. The molecule has 0 spiro atoms. The third kappa shape index (κ3) is 4.03. The molecule has 2 amide bonds. The Kier molecular flexibility index (Phi) is 5.48. The number of hydrogen-bond donors (Lipinski definition) is 1. The van der Waals surface area contributed by atoms with Crippen molar-refractivity contribution in [2.24, 2.45) is 5.92 Å². The summed E-state index contributed by atoms with van der Waals surface area (Å²) < 4.78 is 9.93. The lowest BCUT2D eigenvalue weighted by atomic mass is 10.1. The monoisotopic (exact) mass is 310 g/mol. The molecule has 0 radical (unpaired) electrons. The van der Waals surface area contributed by atoms with E-state index in [4.69, 9.17) is 9.26 Å². The second kappa shape index (κ2) is 7.35. The summed E-state index contributed by atoms with van der Waals surface area (Å²) >= 11 is 0. The number of hydrogen-bond acceptors (Lipinski definition) is 6. The van der Waals surface area contributed by atoms with Gasteiger partial charge in [0.05, 0.1) is 5.92 Å². The lowest BCUT2D eigenvalue weighted by Crippen LogP contribution is -2.36. The summed E-state index contributed by atoms with van der Waals surface area (Å²) in [6.45, 7) is 5.09. The van der Waals surface area contributed by atoms with Crippen LogP contribution in [0.3, 0.4) is 0 Å². The van der Waals surface area contributed by atoms with Gasteiger partial charge in [0.2, 0.25) is 17.7 Å². The number of rotatable bonds is 7. The first-order valence-corrected chi connectivity index (χ1v) is 7.38. The first-order valence-electron chi connectivity index (χ1n) is 7.38. The minimum atomic E-state index is -0.276.